The Labute approximate surface area is 147 Å². The summed E-state index contributed by atoms with van der Waals surface area (Å²) in [6.45, 7) is 4.10. The summed E-state index contributed by atoms with van der Waals surface area (Å²) in [7, 11) is 1.81. The average molecular weight is 334 g/mol. The number of fused-ring (bicyclic) bond motifs is 1. The first-order valence-corrected chi connectivity index (χ1v) is 8.20. The van der Waals surface area contributed by atoms with Crippen molar-refractivity contribution in [3.05, 3.63) is 65.5 Å². The van der Waals surface area contributed by atoms with E-state index in [0.717, 1.165) is 22.0 Å². The Hall–Kier alpha value is -3.08. The number of nitrogens with one attached hydrogen (secondary N) is 1. The van der Waals surface area contributed by atoms with E-state index >= 15 is 0 Å². The first-order valence-electron chi connectivity index (χ1n) is 8.20. The number of pyridine rings is 1. The van der Waals surface area contributed by atoms with Crippen LogP contribution in [0.3, 0.4) is 0 Å². The third-order valence-corrected chi connectivity index (χ3v) is 4.48. The molecule has 0 fully saturated rings. The van der Waals surface area contributed by atoms with E-state index in [2.05, 4.69) is 35.1 Å². The van der Waals surface area contributed by atoms with Gasteiger partial charge in [0, 0.05) is 36.4 Å². The summed E-state index contributed by atoms with van der Waals surface area (Å²) in [4.78, 5) is 21.5. The van der Waals surface area contributed by atoms with Crippen molar-refractivity contribution >= 4 is 28.7 Å². The largest absolute Gasteiger partial charge is 0.384 e. The second kappa shape index (κ2) is 6.81. The predicted octanol–water partition coefficient (Wildman–Crippen LogP) is 3.69. The molecule has 3 aromatic rings. The second-order valence-corrected chi connectivity index (χ2v) is 6.27. The van der Waals surface area contributed by atoms with Crippen molar-refractivity contribution in [1.82, 2.24) is 14.9 Å². The number of rotatable bonds is 4. The van der Waals surface area contributed by atoms with Gasteiger partial charge in [0.1, 0.15) is 5.82 Å². The molecule has 0 radical (unpaired) electrons. The van der Waals surface area contributed by atoms with E-state index in [1.54, 1.807) is 29.3 Å². The number of nitrogen functional groups attached to an aromatic ring is 1. The summed E-state index contributed by atoms with van der Waals surface area (Å²) >= 11 is 0. The fourth-order valence-corrected chi connectivity index (χ4v) is 2.80. The molecule has 0 aliphatic carbocycles. The minimum atomic E-state index is -0.0636. The van der Waals surface area contributed by atoms with Gasteiger partial charge in [0.05, 0.1) is 6.04 Å². The topological polar surface area (TPSA) is 75.0 Å². The van der Waals surface area contributed by atoms with Gasteiger partial charge in [-0.15, -0.1) is 0 Å². The maximum absolute atomic E-state index is 12.5. The zero-order chi connectivity index (χ0) is 18.0. The lowest BCUT2D eigenvalue weighted by atomic mass is 10.0. The van der Waals surface area contributed by atoms with Crippen molar-refractivity contribution in [3.8, 4) is 0 Å². The Morgan fingerprint density at radius 3 is 2.84 bits per heavy atom. The maximum atomic E-state index is 12.5. The highest BCUT2D eigenvalue weighted by molar-refractivity contribution is 5.92. The molecule has 5 nitrogen and oxygen atoms in total. The molecule has 2 aromatic heterocycles. The monoisotopic (exact) mass is 334 g/mol. The molecule has 0 saturated carbocycles. The standard InChI is InChI=1S/C20H22N4O/c1-13-4-7-18-16(10-13)17(12-22-18)14(2)24(3)20(25)9-6-15-5-8-19(21)23-11-15/h4-12,14,22H,1-3H3,(H2,21,23). The van der Waals surface area contributed by atoms with E-state index < -0.39 is 0 Å². The number of nitrogens with two attached hydrogens (primary N) is 1. The molecule has 2 heterocycles. The number of aromatic amines is 1. The maximum Gasteiger partial charge on any atom is 0.246 e. The number of hydrogen-bond acceptors (Lipinski definition) is 3. The molecule has 1 aromatic carbocycles. The lowest BCUT2D eigenvalue weighted by Crippen LogP contribution is -2.27. The summed E-state index contributed by atoms with van der Waals surface area (Å²) in [5.74, 6) is 0.398. The van der Waals surface area contributed by atoms with Crippen LogP contribution in [0.25, 0.3) is 17.0 Å². The van der Waals surface area contributed by atoms with Crippen LogP contribution < -0.4 is 5.73 Å². The fourth-order valence-electron chi connectivity index (χ4n) is 2.80. The number of aromatic nitrogens is 2. The second-order valence-electron chi connectivity index (χ2n) is 6.27. The number of hydrogen-bond donors (Lipinski definition) is 2. The number of amides is 1. The summed E-state index contributed by atoms with van der Waals surface area (Å²) < 4.78 is 0. The first-order chi connectivity index (χ1) is 12.0. The number of carbonyl (C=O) groups excluding carboxylic acids is 1. The van der Waals surface area contributed by atoms with Crippen LogP contribution in [0.2, 0.25) is 0 Å². The van der Waals surface area contributed by atoms with Gasteiger partial charge < -0.3 is 15.6 Å². The van der Waals surface area contributed by atoms with Crippen LogP contribution in [-0.4, -0.2) is 27.8 Å². The zero-order valence-corrected chi connectivity index (χ0v) is 14.7. The van der Waals surface area contributed by atoms with Crippen molar-refractivity contribution in [1.29, 1.82) is 0 Å². The van der Waals surface area contributed by atoms with Crippen molar-refractivity contribution in [2.75, 3.05) is 12.8 Å². The van der Waals surface area contributed by atoms with Crippen molar-refractivity contribution < 1.29 is 4.79 Å². The van der Waals surface area contributed by atoms with Crippen LogP contribution in [0.4, 0.5) is 5.82 Å². The van der Waals surface area contributed by atoms with Gasteiger partial charge in [0.2, 0.25) is 5.91 Å². The van der Waals surface area contributed by atoms with Crippen LogP contribution in [0.15, 0.2) is 48.8 Å². The smallest absolute Gasteiger partial charge is 0.246 e. The van der Waals surface area contributed by atoms with E-state index in [1.165, 1.54) is 5.56 Å². The van der Waals surface area contributed by atoms with Gasteiger partial charge in [-0.05, 0) is 55.3 Å². The molecule has 3 rings (SSSR count). The van der Waals surface area contributed by atoms with Gasteiger partial charge >= 0.3 is 0 Å². The van der Waals surface area contributed by atoms with Gasteiger partial charge in [-0.3, -0.25) is 4.79 Å². The molecular weight excluding hydrogens is 312 g/mol. The van der Waals surface area contributed by atoms with E-state index in [9.17, 15) is 4.79 Å². The third kappa shape index (κ3) is 3.55. The Bertz CT molecular complexity index is 925. The highest BCUT2D eigenvalue weighted by atomic mass is 16.2. The zero-order valence-electron chi connectivity index (χ0n) is 14.7. The highest BCUT2D eigenvalue weighted by Gasteiger charge is 2.18. The molecule has 1 unspecified atom stereocenters. The highest BCUT2D eigenvalue weighted by Crippen LogP contribution is 2.28. The summed E-state index contributed by atoms with van der Waals surface area (Å²) in [6, 6.07) is 9.79. The number of carbonyl (C=O) groups is 1. The van der Waals surface area contributed by atoms with Crippen molar-refractivity contribution in [2.24, 2.45) is 0 Å². The van der Waals surface area contributed by atoms with Gasteiger partial charge in [-0.2, -0.15) is 0 Å². The minimum absolute atomic E-state index is 0.0442. The van der Waals surface area contributed by atoms with Crippen LogP contribution >= 0.6 is 0 Å². The van der Waals surface area contributed by atoms with Crippen LogP contribution in [0.5, 0.6) is 0 Å². The van der Waals surface area contributed by atoms with Gasteiger partial charge in [0.15, 0.2) is 0 Å². The molecular formula is C20H22N4O. The molecule has 0 bridgehead atoms. The Balaban J connectivity index is 1.78. The molecule has 3 N–H and O–H groups in total. The van der Waals surface area contributed by atoms with E-state index in [-0.39, 0.29) is 11.9 Å². The lowest BCUT2D eigenvalue weighted by Gasteiger charge is -2.23. The number of likely N-dealkylation sites (N-methyl/N-ethyl adjacent to an activating group) is 1. The minimum Gasteiger partial charge on any atom is -0.384 e. The summed E-state index contributed by atoms with van der Waals surface area (Å²) in [5, 5.41) is 1.15. The quantitative estimate of drug-likeness (QED) is 0.715. The first kappa shape index (κ1) is 16.8. The molecule has 0 aliphatic rings. The van der Waals surface area contributed by atoms with Crippen molar-refractivity contribution in [2.45, 2.75) is 19.9 Å². The Kier molecular flexibility index (Phi) is 4.57. The van der Waals surface area contributed by atoms with E-state index in [1.807, 2.05) is 26.2 Å². The molecule has 1 amide bonds. The lowest BCUT2D eigenvalue weighted by molar-refractivity contribution is -0.126. The summed E-state index contributed by atoms with van der Waals surface area (Å²) in [5.41, 5.74) is 9.79. The number of aryl methyl sites for hydroxylation is 1. The number of benzene rings is 1. The van der Waals surface area contributed by atoms with Gasteiger partial charge in [0.25, 0.3) is 0 Å². The van der Waals surface area contributed by atoms with Crippen molar-refractivity contribution in [3.63, 3.8) is 0 Å². The Morgan fingerprint density at radius 1 is 1.32 bits per heavy atom. The van der Waals surface area contributed by atoms with Crippen LogP contribution in [0.1, 0.15) is 29.7 Å². The number of anilines is 1. The molecule has 0 saturated heterocycles. The normalized spacial score (nSPS) is 12.6. The molecule has 25 heavy (non-hydrogen) atoms. The van der Waals surface area contributed by atoms with Crippen LogP contribution in [0, 0.1) is 6.92 Å². The summed E-state index contributed by atoms with van der Waals surface area (Å²) in [6.07, 6.45) is 6.93. The predicted molar refractivity (Wildman–Crippen MR) is 102 cm³/mol. The van der Waals surface area contributed by atoms with Gasteiger partial charge in [-0.1, -0.05) is 11.6 Å². The van der Waals surface area contributed by atoms with E-state index in [0.29, 0.717) is 5.82 Å². The molecule has 1 atom stereocenters. The average Bonchev–Trinajstić information content (AvgIpc) is 3.02. The molecule has 128 valence electrons. The molecule has 5 heteroatoms. The van der Waals surface area contributed by atoms with Gasteiger partial charge in [-0.25, -0.2) is 4.98 Å². The van der Waals surface area contributed by atoms with E-state index in [4.69, 9.17) is 5.73 Å². The van der Waals surface area contributed by atoms with Crippen LogP contribution in [-0.2, 0) is 4.79 Å². The molecule has 0 spiro atoms. The fraction of sp³-hybridized carbons (Fsp3) is 0.200. The Morgan fingerprint density at radius 2 is 2.12 bits per heavy atom. The SMILES string of the molecule is Cc1ccc2[nH]cc(C(C)N(C)C(=O)C=Cc3ccc(N)nc3)c2c1. The molecule has 0 aliphatic heterocycles. The third-order valence-electron chi connectivity index (χ3n) is 4.48. The number of H-pyrrole nitrogens is 1. The number of nitrogens with zero attached hydrogens (tertiary/aromatic N) is 2.